The van der Waals surface area contributed by atoms with E-state index in [-0.39, 0.29) is 17.2 Å². The lowest BCUT2D eigenvalue weighted by Gasteiger charge is -2.03. The van der Waals surface area contributed by atoms with Crippen LogP contribution in [-0.2, 0) is 4.79 Å². The minimum absolute atomic E-state index is 0.0199. The number of nitro groups is 1. The van der Waals surface area contributed by atoms with Crippen LogP contribution in [0.2, 0.25) is 0 Å². The maximum atomic E-state index is 11.8. The number of allylic oxidation sites excluding steroid dienone is 2. The fourth-order valence-electron chi connectivity index (χ4n) is 1.95. The second kappa shape index (κ2) is 7.73. The van der Waals surface area contributed by atoms with Gasteiger partial charge in [-0.2, -0.15) is 0 Å². The Hall–Kier alpha value is -3.41. The fourth-order valence-corrected chi connectivity index (χ4v) is 1.95. The molecule has 0 bridgehead atoms. The second-order valence-corrected chi connectivity index (χ2v) is 4.85. The Kier molecular flexibility index (Phi) is 5.46. The molecule has 0 saturated carbocycles. The van der Waals surface area contributed by atoms with E-state index >= 15 is 0 Å². The zero-order valence-electron chi connectivity index (χ0n) is 12.9. The number of ketones is 1. The molecule has 0 saturated heterocycles. The average Bonchev–Trinajstić information content (AvgIpc) is 2.59. The van der Waals surface area contributed by atoms with Crippen molar-refractivity contribution in [3.63, 3.8) is 0 Å². The van der Waals surface area contributed by atoms with Gasteiger partial charge in [0.15, 0.2) is 17.3 Å². The predicted molar refractivity (Wildman–Crippen MR) is 90.8 cm³/mol. The summed E-state index contributed by atoms with van der Waals surface area (Å²) in [6.45, 7) is 0. The number of carbonyl (C=O) groups is 1. The molecule has 0 aromatic heterocycles. The first kappa shape index (κ1) is 17.0. The van der Waals surface area contributed by atoms with Crippen LogP contribution in [-0.4, -0.2) is 22.9 Å². The Morgan fingerprint density at radius 3 is 2.42 bits per heavy atom. The molecule has 0 heterocycles. The van der Waals surface area contributed by atoms with Crippen molar-refractivity contribution in [1.29, 1.82) is 0 Å². The van der Waals surface area contributed by atoms with Crippen molar-refractivity contribution < 1.29 is 19.6 Å². The number of ether oxygens (including phenoxy) is 1. The highest BCUT2D eigenvalue weighted by Gasteiger charge is 2.04. The van der Waals surface area contributed by atoms with Crippen LogP contribution in [0.25, 0.3) is 12.2 Å². The van der Waals surface area contributed by atoms with Crippen molar-refractivity contribution in [2.45, 2.75) is 0 Å². The van der Waals surface area contributed by atoms with Gasteiger partial charge in [0.05, 0.1) is 12.0 Å². The maximum Gasteiger partial charge on any atom is 0.270 e. The molecule has 6 heteroatoms. The van der Waals surface area contributed by atoms with Gasteiger partial charge in [0, 0.05) is 12.1 Å². The zero-order valence-corrected chi connectivity index (χ0v) is 12.9. The number of methoxy groups -OCH3 is 1. The molecule has 0 amide bonds. The van der Waals surface area contributed by atoms with Crippen LogP contribution in [0.4, 0.5) is 5.69 Å². The standard InChI is InChI=1S/C18H15NO5/c1-24-18-12-14(7-10-17(18)21)6-9-16(20)8-5-13-3-2-4-15(11-13)19(22)23/h2-12,21H,1H3/b8-5+,9-6+. The van der Waals surface area contributed by atoms with Crippen LogP contribution in [0.3, 0.4) is 0 Å². The second-order valence-electron chi connectivity index (χ2n) is 4.85. The topological polar surface area (TPSA) is 89.7 Å². The molecule has 0 unspecified atom stereocenters. The zero-order chi connectivity index (χ0) is 17.5. The third-order valence-corrected chi connectivity index (χ3v) is 3.16. The van der Waals surface area contributed by atoms with Crippen molar-refractivity contribution in [2.75, 3.05) is 7.11 Å². The van der Waals surface area contributed by atoms with Crippen LogP contribution in [0.15, 0.2) is 54.6 Å². The number of hydrogen-bond acceptors (Lipinski definition) is 5. The first-order chi connectivity index (χ1) is 11.5. The van der Waals surface area contributed by atoms with Gasteiger partial charge in [0.2, 0.25) is 0 Å². The molecule has 0 atom stereocenters. The lowest BCUT2D eigenvalue weighted by Crippen LogP contribution is -1.88. The number of phenolic OH excluding ortho intramolecular Hbond substituents is 1. The molecule has 122 valence electrons. The van der Waals surface area contributed by atoms with Crippen LogP contribution in [0.1, 0.15) is 11.1 Å². The molecule has 2 aromatic carbocycles. The number of nitro benzene ring substituents is 1. The summed E-state index contributed by atoms with van der Waals surface area (Å²) in [6.07, 6.45) is 5.78. The highest BCUT2D eigenvalue weighted by atomic mass is 16.6. The minimum Gasteiger partial charge on any atom is -0.504 e. The molecule has 1 N–H and O–H groups in total. The smallest absolute Gasteiger partial charge is 0.270 e. The SMILES string of the molecule is COc1cc(/C=C/C(=O)/C=C/c2cccc([N+](=O)[O-])c2)ccc1O. The molecule has 0 spiro atoms. The van der Waals surface area contributed by atoms with Crippen molar-refractivity contribution in [1.82, 2.24) is 0 Å². The molecule has 2 rings (SSSR count). The van der Waals surface area contributed by atoms with Gasteiger partial charge in [-0.05, 0) is 35.4 Å². The number of nitrogens with zero attached hydrogens (tertiary/aromatic N) is 1. The maximum absolute atomic E-state index is 11.8. The van der Waals surface area contributed by atoms with Gasteiger partial charge in [-0.3, -0.25) is 14.9 Å². The van der Waals surface area contributed by atoms with Gasteiger partial charge in [-0.1, -0.05) is 30.4 Å². The lowest BCUT2D eigenvalue weighted by atomic mass is 10.1. The van der Waals surface area contributed by atoms with Crippen LogP contribution < -0.4 is 4.74 Å². The quantitative estimate of drug-likeness (QED) is 0.498. The highest BCUT2D eigenvalue weighted by molar-refractivity contribution is 6.04. The Morgan fingerprint density at radius 2 is 1.79 bits per heavy atom. The molecular weight excluding hydrogens is 310 g/mol. The van der Waals surface area contributed by atoms with E-state index in [0.29, 0.717) is 16.9 Å². The molecule has 0 fully saturated rings. The first-order valence-corrected chi connectivity index (χ1v) is 7.01. The summed E-state index contributed by atoms with van der Waals surface area (Å²) in [5.41, 5.74) is 1.23. The van der Waals surface area contributed by atoms with Gasteiger partial charge in [0.25, 0.3) is 5.69 Å². The molecule has 0 radical (unpaired) electrons. The first-order valence-electron chi connectivity index (χ1n) is 7.01. The third kappa shape index (κ3) is 4.54. The van der Waals surface area contributed by atoms with Crippen LogP contribution >= 0.6 is 0 Å². The monoisotopic (exact) mass is 325 g/mol. The molecular formula is C18H15NO5. The molecule has 0 aliphatic heterocycles. The number of hydrogen-bond donors (Lipinski definition) is 1. The van der Waals surface area contributed by atoms with Gasteiger partial charge >= 0.3 is 0 Å². The van der Waals surface area contributed by atoms with E-state index in [1.807, 2.05) is 0 Å². The van der Waals surface area contributed by atoms with E-state index in [1.54, 1.807) is 30.3 Å². The Balaban J connectivity index is 2.07. The summed E-state index contributed by atoms with van der Waals surface area (Å²) in [4.78, 5) is 22.1. The van der Waals surface area contributed by atoms with Crippen molar-refractivity contribution in [2.24, 2.45) is 0 Å². The van der Waals surface area contributed by atoms with Gasteiger partial charge in [-0.25, -0.2) is 0 Å². The van der Waals surface area contributed by atoms with Crippen molar-refractivity contribution in [3.8, 4) is 11.5 Å². The average molecular weight is 325 g/mol. The van der Waals surface area contributed by atoms with Gasteiger partial charge < -0.3 is 9.84 Å². The molecule has 2 aromatic rings. The Morgan fingerprint density at radius 1 is 1.12 bits per heavy atom. The summed E-state index contributed by atoms with van der Waals surface area (Å²) in [6, 6.07) is 10.7. The van der Waals surface area contributed by atoms with Crippen LogP contribution in [0.5, 0.6) is 11.5 Å². The molecule has 0 aliphatic rings. The molecule has 24 heavy (non-hydrogen) atoms. The third-order valence-electron chi connectivity index (χ3n) is 3.16. The summed E-state index contributed by atoms with van der Waals surface area (Å²) in [5.74, 6) is 0.0665. The number of aromatic hydroxyl groups is 1. The van der Waals surface area contributed by atoms with Crippen LogP contribution in [0, 0.1) is 10.1 Å². The van der Waals surface area contributed by atoms with E-state index in [2.05, 4.69) is 0 Å². The summed E-state index contributed by atoms with van der Waals surface area (Å²) in [7, 11) is 1.44. The summed E-state index contributed by atoms with van der Waals surface area (Å²) in [5, 5.41) is 20.2. The van der Waals surface area contributed by atoms with E-state index in [1.165, 1.54) is 43.5 Å². The Labute approximate surface area is 138 Å². The molecule has 0 aliphatic carbocycles. The number of non-ortho nitro benzene ring substituents is 1. The number of benzene rings is 2. The molecule has 6 nitrogen and oxygen atoms in total. The predicted octanol–water partition coefficient (Wildman–Crippen LogP) is 3.60. The van der Waals surface area contributed by atoms with Crippen molar-refractivity contribution in [3.05, 3.63) is 75.9 Å². The Bertz CT molecular complexity index is 824. The number of phenols is 1. The van der Waals surface area contributed by atoms with Gasteiger partial charge in [0.1, 0.15) is 0 Å². The number of carbonyl (C=O) groups excluding carboxylic acids is 1. The summed E-state index contributed by atoms with van der Waals surface area (Å²) >= 11 is 0. The largest absolute Gasteiger partial charge is 0.504 e. The van der Waals surface area contributed by atoms with E-state index in [4.69, 9.17) is 4.74 Å². The fraction of sp³-hybridized carbons (Fsp3) is 0.0556. The number of rotatable bonds is 6. The lowest BCUT2D eigenvalue weighted by molar-refractivity contribution is -0.384. The summed E-state index contributed by atoms with van der Waals surface area (Å²) < 4.78 is 4.99. The van der Waals surface area contributed by atoms with E-state index in [0.717, 1.165) is 0 Å². The van der Waals surface area contributed by atoms with Crippen molar-refractivity contribution >= 4 is 23.6 Å². The highest BCUT2D eigenvalue weighted by Crippen LogP contribution is 2.26. The van der Waals surface area contributed by atoms with E-state index in [9.17, 15) is 20.0 Å². The van der Waals surface area contributed by atoms with E-state index < -0.39 is 4.92 Å². The normalized spacial score (nSPS) is 11.0. The van der Waals surface area contributed by atoms with Gasteiger partial charge in [-0.15, -0.1) is 0 Å². The minimum atomic E-state index is -0.489.